The van der Waals surface area contributed by atoms with Crippen LogP contribution in [0.3, 0.4) is 0 Å². The summed E-state index contributed by atoms with van der Waals surface area (Å²) in [7, 11) is 0. The number of pyridine rings is 1. The molecule has 0 amide bonds. The molecule has 104 valence electrons. The van der Waals surface area contributed by atoms with Gasteiger partial charge in [0.25, 0.3) is 0 Å². The van der Waals surface area contributed by atoms with Gasteiger partial charge < -0.3 is 9.51 Å². The third kappa shape index (κ3) is 3.78. The van der Waals surface area contributed by atoms with Crippen molar-refractivity contribution in [3.05, 3.63) is 36.3 Å². The molecule has 2 rings (SSSR count). The first-order chi connectivity index (χ1) is 9.35. The van der Waals surface area contributed by atoms with Gasteiger partial charge in [0.05, 0.1) is 18.5 Å². The van der Waals surface area contributed by atoms with E-state index in [0.717, 1.165) is 25.3 Å². The highest BCUT2D eigenvalue weighted by Gasteiger charge is 2.09. The summed E-state index contributed by atoms with van der Waals surface area (Å²) >= 11 is 0. The van der Waals surface area contributed by atoms with Crippen molar-refractivity contribution in [2.45, 2.75) is 32.7 Å². The van der Waals surface area contributed by atoms with E-state index in [9.17, 15) is 5.11 Å². The van der Waals surface area contributed by atoms with Crippen LogP contribution in [0.2, 0.25) is 0 Å². The number of rotatable bonds is 8. The number of fused-ring (bicyclic) bond motifs is 1. The smallest absolute Gasteiger partial charge is 0.136 e. The topological polar surface area (TPSA) is 40.8 Å². The lowest BCUT2D eigenvalue weighted by atomic mass is 10.2. The molecule has 0 atom stereocenters. The first-order valence-electron chi connectivity index (χ1n) is 7.09. The van der Waals surface area contributed by atoms with Crippen molar-refractivity contribution in [3.63, 3.8) is 0 Å². The molecular weight excluding hydrogens is 238 g/mol. The van der Waals surface area contributed by atoms with E-state index >= 15 is 0 Å². The van der Waals surface area contributed by atoms with Crippen molar-refractivity contribution in [2.24, 2.45) is 0 Å². The van der Waals surface area contributed by atoms with Crippen molar-refractivity contribution in [1.82, 2.24) is 14.3 Å². The Morgan fingerprint density at radius 3 is 2.95 bits per heavy atom. The Hall–Kier alpha value is -1.39. The number of hydrogen-bond acceptors (Lipinski definition) is 3. The summed E-state index contributed by atoms with van der Waals surface area (Å²) in [5, 5.41) is 9.17. The predicted octanol–water partition coefficient (Wildman–Crippen LogP) is 2.32. The van der Waals surface area contributed by atoms with Crippen LogP contribution in [0.4, 0.5) is 0 Å². The average molecular weight is 261 g/mol. The van der Waals surface area contributed by atoms with Gasteiger partial charge in [0, 0.05) is 19.3 Å². The molecule has 0 aromatic carbocycles. The number of aromatic nitrogens is 2. The van der Waals surface area contributed by atoms with Crippen LogP contribution in [0.5, 0.6) is 0 Å². The molecule has 0 radical (unpaired) electrons. The molecule has 0 bridgehead atoms. The summed E-state index contributed by atoms with van der Waals surface area (Å²) in [6.45, 7) is 5.03. The third-order valence-electron chi connectivity index (χ3n) is 3.37. The summed E-state index contributed by atoms with van der Waals surface area (Å²) in [6.07, 6.45) is 7.63. The van der Waals surface area contributed by atoms with Crippen LogP contribution >= 0.6 is 0 Å². The van der Waals surface area contributed by atoms with Crippen molar-refractivity contribution in [3.8, 4) is 0 Å². The van der Waals surface area contributed by atoms with Crippen LogP contribution in [-0.2, 0) is 6.54 Å². The molecule has 1 N–H and O–H groups in total. The first-order valence-corrected chi connectivity index (χ1v) is 7.09. The lowest BCUT2D eigenvalue weighted by Gasteiger charge is -2.20. The van der Waals surface area contributed by atoms with E-state index in [0.29, 0.717) is 0 Å². The Morgan fingerprint density at radius 2 is 2.16 bits per heavy atom. The fourth-order valence-corrected chi connectivity index (χ4v) is 2.33. The summed E-state index contributed by atoms with van der Waals surface area (Å²) in [6, 6.07) is 6.03. The molecule has 0 saturated heterocycles. The van der Waals surface area contributed by atoms with Crippen LogP contribution in [0, 0.1) is 0 Å². The van der Waals surface area contributed by atoms with E-state index < -0.39 is 0 Å². The van der Waals surface area contributed by atoms with Gasteiger partial charge >= 0.3 is 0 Å². The fraction of sp³-hybridized carbons (Fsp3) is 0.533. The van der Waals surface area contributed by atoms with Crippen molar-refractivity contribution in [1.29, 1.82) is 0 Å². The van der Waals surface area contributed by atoms with Crippen LogP contribution in [0.1, 0.15) is 31.9 Å². The molecule has 2 aromatic heterocycles. The number of nitrogens with zero attached hydrogens (tertiary/aromatic N) is 3. The lowest BCUT2D eigenvalue weighted by Crippen LogP contribution is -2.28. The summed E-state index contributed by atoms with van der Waals surface area (Å²) in [5.74, 6) is 0. The van der Waals surface area contributed by atoms with Crippen molar-refractivity contribution in [2.75, 3.05) is 19.7 Å². The molecule has 0 spiro atoms. The molecule has 19 heavy (non-hydrogen) atoms. The minimum Gasteiger partial charge on any atom is -0.395 e. The Morgan fingerprint density at radius 1 is 1.26 bits per heavy atom. The van der Waals surface area contributed by atoms with Crippen LogP contribution in [-0.4, -0.2) is 39.1 Å². The minimum absolute atomic E-state index is 0.211. The number of aliphatic hydroxyl groups excluding tert-OH is 1. The highest BCUT2D eigenvalue weighted by atomic mass is 16.3. The maximum absolute atomic E-state index is 9.17. The zero-order valence-corrected chi connectivity index (χ0v) is 11.6. The standard InChI is InChI=1S/C15H23N3O/c1-2-3-5-8-17(10-11-19)13-14-12-16-15-7-4-6-9-18(14)15/h4,6-7,9,12,19H,2-3,5,8,10-11,13H2,1H3. The summed E-state index contributed by atoms with van der Waals surface area (Å²) in [5.41, 5.74) is 2.16. The zero-order valence-electron chi connectivity index (χ0n) is 11.6. The molecule has 0 saturated carbocycles. The Labute approximate surface area is 114 Å². The van der Waals surface area contributed by atoms with Gasteiger partial charge in [-0.05, 0) is 25.1 Å². The number of aliphatic hydroxyl groups is 1. The molecular formula is C15H23N3O. The van der Waals surface area contributed by atoms with Crippen LogP contribution in [0.25, 0.3) is 5.65 Å². The van der Waals surface area contributed by atoms with E-state index in [1.54, 1.807) is 0 Å². The summed E-state index contributed by atoms with van der Waals surface area (Å²) in [4.78, 5) is 6.70. The summed E-state index contributed by atoms with van der Waals surface area (Å²) < 4.78 is 2.12. The Kier molecular flexibility index (Phi) is 5.36. The molecule has 2 heterocycles. The molecule has 0 aliphatic carbocycles. The average Bonchev–Trinajstić information content (AvgIpc) is 2.83. The van der Waals surface area contributed by atoms with E-state index in [-0.39, 0.29) is 6.61 Å². The van der Waals surface area contributed by atoms with Crippen LogP contribution in [0.15, 0.2) is 30.6 Å². The van der Waals surface area contributed by atoms with Crippen molar-refractivity contribution < 1.29 is 5.11 Å². The fourth-order valence-electron chi connectivity index (χ4n) is 2.33. The third-order valence-corrected chi connectivity index (χ3v) is 3.37. The van der Waals surface area contributed by atoms with E-state index in [4.69, 9.17) is 0 Å². The number of imidazole rings is 1. The lowest BCUT2D eigenvalue weighted by molar-refractivity contribution is 0.186. The molecule has 4 nitrogen and oxygen atoms in total. The number of unbranched alkanes of at least 4 members (excludes halogenated alkanes) is 2. The highest BCUT2D eigenvalue weighted by Crippen LogP contribution is 2.10. The quantitative estimate of drug-likeness (QED) is 0.741. The predicted molar refractivity (Wildman–Crippen MR) is 77.1 cm³/mol. The van der Waals surface area contributed by atoms with E-state index in [1.165, 1.54) is 25.0 Å². The van der Waals surface area contributed by atoms with Gasteiger partial charge in [-0.2, -0.15) is 0 Å². The van der Waals surface area contributed by atoms with Gasteiger partial charge in [-0.1, -0.05) is 25.8 Å². The van der Waals surface area contributed by atoms with E-state index in [2.05, 4.69) is 21.2 Å². The maximum atomic E-state index is 9.17. The van der Waals surface area contributed by atoms with Crippen LogP contribution < -0.4 is 0 Å². The van der Waals surface area contributed by atoms with E-state index in [1.807, 2.05) is 30.6 Å². The SMILES string of the molecule is CCCCCN(CCO)Cc1cnc2ccccn12. The first kappa shape index (κ1) is 14.0. The number of hydrogen-bond donors (Lipinski definition) is 1. The molecule has 0 unspecified atom stereocenters. The van der Waals surface area contributed by atoms with Gasteiger partial charge in [0.2, 0.25) is 0 Å². The molecule has 4 heteroatoms. The highest BCUT2D eigenvalue weighted by molar-refractivity contribution is 5.39. The largest absolute Gasteiger partial charge is 0.395 e. The molecule has 2 aromatic rings. The van der Waals surface area contributed by atoms with Gasteiger partial charge in [-0.15, -0.1) is 0 Å². The Balaban J connectivity index is 2.03. The normalized spacial score (nSPS) is 11.5. The van der Waals surface area contributed by atoms with Gasteiger partial charge in [-0.25, -0.2) is 4.98 Å². The Bertz CT molecular complexity index is 495. The molecule has 0 aliphatic heterocycles. The van der Waals surface area contributed by atoms with Gasteiger partial charge in [0.15, 0.2) is 0 Å². The zero-order chi connectivity index (χ0) is 13.5. The monoisotopic (exact) mass is 261 g/mol. The molecule has 0 aliphatic rings. The minimum atomic E-state index is 0.211. The second-order valence-corrected chi connectivity index (χ2v) is 4.89. The van der Waals surface area contributed by atoms with Gasteiger partial charge in [-0.3, -0.25) is 4.90 Å². The second-order valence-electron chi connectivity index (χ2n) is 4.89. The van der Waals surface area contributed by atoms with Gasteiger partial charge in [0.1, 0.15) is 5.65 Å². The molecule has 0 fully saturated rings. The second kappa shape index (κ2) is 7.26. The maximum Gasteiger partial charge on any atom is 0.136 e. The van der Waals surface area contributed by atoms with Crippen molar-refractivity contribution >= 4 is 5.65 Å².